The second-order valence-electron chi connectivity index (χ2n) is 6.13. The van der Waals surface area contributed by atoms with Crippen molar-refractivity contribution in [2.75, 3.05) is 43.0 Å². The van der Waals surface area contributed by atoms with Gasteiger partial charge in [-0.05, 0) is 44.0 Å². The normalized spacial score (nSPS) is 13.5. The van der Waals surface area contributed by atoms with Gasteiger partial charge in [0.2, 0.25) is 0 Å². The number of amides is 1. The van der Waals surface area contributed by atoms with Crippen molar-refractivity contribution in [3.8, 4) is 5.75 Å². The maximum atomic E-state index is 12.1. The Labute approximate surface area is 153 Å². The zero-order chi connectivity index (χ0) is 18.2. The number of hydrogen-bond acceptors (Lipinski definition) is 6. The van der Waals surface area contributed by atoms with Gasteiger partial charge in [0.15, 0.2) is 5.82 Å². The van der Waals surface area contributed by atoms with E-state index in [9.17, 15) is 4.79 Å². The summed E-state index contributed by atoms with van der Waals surface area (Å²) in [5.41, 5.74) is 1.71. The molecule has 2 N–H and O–H groups in total. The lowest BCUT2D eigenvalue weighted by molar-refractivity contribution is 0.0955. The minimum Gasteiger partial charge on any atom is -0.494 e. The highest BCUT2D eigenvalue weighted by molar-refractivity contribution is 5.94. The van der Waals surface area contributed by atoms with Gasteiger partial charge in [0.05, 0.1) is 18.5 Å². The molecule has 0 spiro atoms. The maximum absolute atomic E-state index is 12.1. The van der Waals surface area contributed by atoms with Crippen molar-refractivity contribution in [2.24, 2.45) is 0 Å². The van der Waals surface area contributed by atoms with E-state index in [1.807, 2.05) is 13.0 Å². The summed E-state index contributed by atoms with van der Waals surface area (Å²) in [6.07, 6.45) is 4.25. The number of benzene rings is 1. The molecule has 0 aliphatic carbocycles. The smallest absolute Gasteiger partial charge is 0.251 e. The summed E-state index contributed by atoms with van der Waals surface area (Å²) in [4.78, 5) is 14.5. The lowest BCUT2D eigenvalue weighted by Gasteiger charge is -2.17. The summed E-state index contributed by atoms with van der Waals surface area (Å²) >= 11 is 0. The third-order valence-corrected chi connectivity index (χ3v) is 4.26. The first-order valence-corrected chi connectivity index (χ1v) is 9.09. The number of anilines is 2. The molecule has 0 bridgehead atoms. The van der Waals surface area contributed by atoms with Crippen LogP contribution in [0.2, 0.25) is 0 Å². The number of carbonyl (C=O) groups is 1. The number of carbonyl (C=O) groups excluding carboxylic acids is 1. The quantitative estimate of drug-likeness (QED) is 0.708. The molecule has 0 radical (unpaired) electrons. The van der Waals surface area contributed by atoms with Crippen LogP contribution in [0.1, 0.15) is 30.1 Å². The van der Waals surface area contributed by atoms with Gasteiger partial charge < -0.3 is 20.3 Å². The van der Waals surface area contributed by atoms with Crippen molar-refractivity contribution < 1.29 is 9.53 Å². The van der Waals surface area contributed by atoms with Gasteiger partial charge in [-0.3, -0.25) is 4.79 Å². The highest BCUT2D eigenvalue weighted by Crippen LogP contribution is 2.20. The summed E-state index contributed by atoms with van der Waals surface area (Å²) in [6.45, 7) is 5.77. The number of aromatic nitrogens is 2. The molecule has 7 nitrogen and oxygen atoms in total. The molecule has 0 unspecified atom stereocenters. The molecule has 1 aliphatic heterocycles. The molecular formula is C19H25N5O2. The van der Waals surface area contributed by atoms with Gasteiger partial charge in [-0.1, -0.05) is 0 Å². The number of nitrogens with zero attached hydrogens (tertiary/aromatic N) is 3. The molecular weight excluding hydrogens is 330 g/mol. The Kier molecular flexibility index (Phi) is 6.24. The third-order valence-electron chi connectivity index (χ3n) is 4.26. The van der Waals surface area contributed by atoms with Crippen LogP contribution in [-0.4, -0.2) is 48.9 Å². The van der Waals surface area contributed by atoms with Crippen molar-refractivity contribution in [1.82, 2.24) is 15.5 Å². The van der Waals surface area contributed by atoms with Crippen molar-refractivity contribution in [3.05, 3.63) is 42.1 Å². The molecule has 1 aliphatic rings. The van der Waals surface area contributed by atoms with Gasteiger partial charge in [-0.2, -0.15) is 5.10 Å². The number of rotatable bonds is 8. The molecule has 1 saturated heterocycles. The zero-order valence-corrected chi connectivity index (χ0v) is 15.1. The molecule has 2 heterocycles. The minimum absolute atomic E-state index is 0.105. The van der Waals surface area contributed by atoms with E-state index >= 15 is 0 Å². The monoisotopic (exact) mass is 355 g/mol. The fourth-order valence-corrected chi connectivity index (χ4v) is 2.93. The third kappa shape index (κ3) is 4.84. The average molecular weight is 355 g/mol. The van der Waals surface area contributed by atoms with Gasteiger partial charge in [-0.15, -0.1) is 5.10 Å². The first-order chi connectivity index (χ1) is 12.8. The standard InChI is InChI=1S/C19H25N5O2/c1-2-26-17-7-5-15(6-8-17)19(25)21-10-9-20-18-13-16(14-22-23-18)24-11-3-4-12-24/h5-8,13-14H,2-4,9-12H2,1H3,(H,20,23)(H,21,25). The average Bonchev–Trinajstić information content (AvgIpc) is 3.21. The second kappa shape index (κ2) is 9.03. The molecule has 1 amide bonds. The SMILES string of the molecule is CCOc1ccc(C(=O)NCCNc2cc(N3CCCC3)cnn2)cc1. The van der Waals surface area contributed by atoms with Crippen LogP contribution in [-0.2, 0) is 0 Å². The van der Waals surface area contributed by atoms with Crippen LogP contribution in [0.15, 0.2) is 36.5 Å². The van der Waals surface area contributed by atoms with E-state index in [4.69, 9.17) is 4.74 Å². The first-order valence-electron chi connectivity index (χ1n) is 9.09. The van der Waals surface area contributed by atoms with Crippen molar-refractivity contribution in [2.45, 2.75) is 19.8 Å². The van der Waals surface area contributed by atoms with Gasteiger partial charge in [-0.25, -0.2) is 0 Å². The van der Waals surface area contributed by atoms with Gasteiger partial charge in [0.25, 0.3) is 5.91 Å². The molecule has 1 aromatic heterocycles. The van der Waals surface area contributed by atoms with Gasteiger partial charge >= 0.3 is 0 Å². The van der Waals surface area contributed by atoms with E-state index in [2.05, 4.69) is 25.7 Å². The Hall–Kier alpha value is -2.83. The number of ether oxygens (including phenoxy) is 1. The topological polar surface area (TPSA) is 79.4 Å². The maximum Gasteiger partial charge on any atom is 0.251 e. The van der Waals surface area contributed by atoms with E-state index in [1.165, 1.54) is 12.8 Å². The molecule has 3 rings (SSSR count). The molecule has 26 heavy (non-hydrogen) atoms. The number of nitrogens with one attached hydrogen (secondary N) is 2. The Bertz CT molecular complexity index is 714. The highest BCUT2D eigenvalue weighted by atomic mass is 16.5. The Morgan fingerprint density at radius 2 is 1.96 bits per heavy atom. The zero-order valence-electron chi connectivity index (χ0n) is 15.1. The van der Waals surface area contributed by atoms with E-state index < -0.39 is 0 Å². The van der Waals surface area contributed by atoms with E-state index in [1.54, 1.807) is 30.5 Å². The Morgan fingerprint density at radius 3 is 2.69 bits per heavy atom. The van der Waals surface area contributed by atoms with Crippen molar-refractivity contribution in [1.29, 1.82) is 0 Å². The Morgan fingerprint density at radius 1 is 1.19 bits per heavy atom. The number of hydrogen-bond donors (Lipinski definition) is 2. The summed E-state index contributed by atoms with van der Waals surface area (Å²) in [5.74, 6) is 1.39. The predicted molar refractivity (Wildman–Crippen MR) is 102 cm³/mol. The van der Waals surface area contributed by atoms with Crippen molar-refractivity contribution >= 4 is 17.4 Å². The molecule has 1 aromatic carbocycles. The van der Waals surface area contributed by atoms with Gasteiger partial charge in [0.1, 0.15) is 5.75 Å². The summed E-state index contributed by atoms with van der Waals surface area (Å²) in [6, 6.07) is 9.14. The van der Waals surface area contributed by atoms with Crippen molar-refractivity contribution in [3.63, 3.8) is 0 Å². The minimum atomic E-state index is -0.105. The fraction of sp³-hybridized carbons (Fsp3) is 0.421. The second-order valence-corrected chi connectivity index (χ2v) is 6.13. The lowest BCUT2D eigenvalue weighted by Crippen LogP contribution is -2.29. The molecule has 0 atom stereocenters. The molecule has 7 heteroatoms. The van der Waals surface area contributed by atoms with Crippen LogP contribution in [0.3, 0.4) is 0 Å². The van der Waals surface area contributed by atoms with Crippen LogP contribution in [0.4, 0.5) is 11.5 Å². The van der Waals surface area contributed by atoms with E-state index in [0.29, 0.717) is 25.3 Å². The van der Waals surface area contributed by atoms with E-state index in [-0.39, 0.29) is 5.91 Å². The van der Waals surface area contributed by atoms with Crippen LogP contribution >= 0.6 is 0 Å². The summed E-state index contributed by atoms with van der Waals surface area (Å²) in [7, 11) is 0. The predicted octanol–water partition coefficient (Wildman–Crippen LogP) is 2.32. The fourth-order valence-electron chi connectivity index (χ4n) is 2.93. The van der Waals surface area contributed by atoms with Gasteiger partial charge in [0, 0.05) is 37.8 Å². The molecule has 138 valence electrons. The summed E-state index contributed by atoms with van der Waals surface area (Å²) in [5, 5.41) is 14.3. The Balaban J connectivity index is 1.43. The highest BCUT2D eigenvalue weighted by Gasteiger charge is 2.13. The molecule has 1 fully saturated rings. The van der Waals surface area contributed by atoms with Crippen LogP contribution in [0.25, 0.3) is 0 Å². The summed E-state index contributed by atoms with van der Waals surface area (Å²) < 4.78 is 5.38. The first kappa shape index (κ1) is 18.0. The molecule has 0 saturated carbocycles. The van der Waals surface area contributed by atoms with Crippen LogP contribution < -0.4 is 20.3 Å². The van der Waals surface area contributed by atoms with Crippen LogP contribution in [0.5, 0.6) is 5.75 Å². The molecule has 2 aromatic rings. The lowest BCUT2D eigenvalue weighted by atomic mass is 10.2. The largest absolute Gasteiger partial charge is 0.494 e. The van der Waals surface area contributed by atoms with Crippen LogP contribution in [0, 0.1) is 0 Å². The van der Waals surface area contributed by atoms with E-state index in [0.717, 1.165) is 30.3 Å².